The zero-order chi connectivity index (χ0) is 17.5. The molecule has 0 fully saturated rings. The van der Waals surface area contributed by atoms with Crippen molar-refractivity contribution in [3.05, 3.63) is 65.7 Å². The zero-order valence-electron chi connectivity index (χ0n) is 14.2. The lowest BCUT2D eigenvalue weighted by atomic mass is 10.0. The molecule has 0 radical (unpaired) electrons. The van der Waals surface area contributed by atoms with E-state index in [1.54, 1.807) is 4.90 Å². The first-order valence-corrected chi connectivity index (χ1v) is 7.93. The summed E-state index contributed by atoms with van der Waals surface area (Å²) in [6.45, 7) is 2.20. The number of hydrogen-bond donors (Lipinski definition) is 2. The minimum absolute atomic E-state index is 0. The number of aryl methyl sites for hydroxylation is 1. The Hall–Kier alpha value is -2.37. The fourth-order valence-electron chi connectivity index (χ4n) is 2.53. The van der Waals surface area contributed by atoms with Gasteiger partial charge in [-0.05, 0) is 30.2 Å². The van der Waals surface area contributed by atoms with Gasteiger partial charge >= 0.3 is 0 Å². The van der Waals surface area contributed by atoms with Crippen LogP contribution in [-0.2, 0) is 9.59 Å². The molecule has 6 heteroatoms. The van der Waals surface area contributed by atoms with E-state index in [-0.39, 0.29) is 43.7 Å². The number of anilines is 1. The number of halogens is 1. The summed E-state index contributed by atoms with van der Waals surface area (Å²) in [6.07, 6.45) is 0.275. The fourth-order valence-corrected chi connectivity index (χ4v) is 2.53. The zero-order valence-corrected chi connectivity index (χ0v) is 15.0. The topological polar surface area (TPSA) is 89.4 Å². The first-order valence-electron chi connectivity index (χ1n) is 7.93. The van der Waals surface area contributed by atoms with Crippen LogP contribution in [0.5, 0.6) is 0 Å². The van der Waals surface area contributed by atoms with Crippen molar-refractivity contribution in [2.45, 2.75) is 25.8 Å². The van der Waals surface area contributed by atoms with Crippen LogP contribution >= 0.6 is 12.4 Å². The number of primary amides is 1. The fraction of sp³-hybridized carbons (Fsp3) is 0.263. The van der Waals surface area contributed by atoms with Crippen molar-refractivity contribution in [1.29, 1.82) is 0 Å². The highest BCUT2D eigenvalue weighted by molar-refractivity contribution is 5.94. The maximum atomic E-state index is 12.7. The van der Waals surface area contributed by atoms with E-state index in [0.29, 0.717) is 0 Å². The van der Waals surface area contributed by atoms with Crippen LogP contribution < -0.4 is 16.4 Å². The number of benzene rings is 2. The summed E-state index contributed by atoms with van der Waals surface area (Å²) in [5.41, 5.74) is 14.1. The second kappa shape index (κ2) is 9.81. The number of nitrogens with zero attached hydrogens (tertiary/aromatic N) is 1. The molecule has 0 aromatic heterocycles. The molecule has 0 heterocycles. The van der Waals surface area contributed by atoms with Crippen molar-refractivity contribution in [3.8, 4) is 0 Å². The van der Waals surface area contributed by atoms with Crippen molar-refractivity contribution >= 4 is 29.9 Å². The summed E-state index contributed by atoms with van der Waals surface area (Å²) in [6, 6.07) is 16.7. The van der Waals surface area contributed by atoms with Crippen molar-refractivity contribution in [3.63, 3.8) is 0 Å². The lowest BCUT2D eigenvalue weighted by Gasteiger charge is -2.24. The molecule has 4 N–H and O–H groups in total. The van der Waals surface area contributed by atoms with Crippen LogP contribution in [0.4, 0.5) is 5.69 Å². The van der Waals surface area contributed by atoms with Gasteiger partial charge in [0.05, 0.1) is 0 Å². The van der Waals surface area contributed by atoms with Crippen molar-refractivity contribution in [2.75, 3.05) is 11.4 Å². The van der Waals surface area contributed by atoms with Gasteiger partial charge < -0.3 is 16.4 Å². The first-order chi connectivity index (χ1) is 11.5. The molecule has 2 rings (SSSR count). The van der Waals surface area contributed by atoms with Crippen LogP contribution in [-0.4, -0.2) is 18.4 Å². The Morgan fingerprint density at radius 2 is 1.76 bits per heavy atom. The van der Waals surface area contributed by atoms with E-state index in [1.165, 1.54) is 0 Å². The first kappa shape index (κ1) is 20.7. The maximum Gasteiger partial charge on any atom is 0.228 e. The van der Waals surface area contributed by atoms with Gasteiger partial charge in [-0.15, -0.1) is 12.4 Å². The molecule has 2 aromatic rings. The molecule has 0 saturated carbocycles. The van der Waals surface area contributed by atoms with Gasteiger partial charge in [-0.3, -0.25) is 9.59 Å². The van der Waals surface area contributed by atoms with Crippen molar-refractivity contribution in [2.24, 2.45) is 11.5 Å². The Balaban J connectivity index is 0.00000312. The van der Waals surface area contributed by atoms with Crippen LogP contribution in [0.1, 0.15) is 30.0 Å². The monoisotopic (exact) mass is 361 g/mol. The Labute approximate surface area is 154 Å². The van der Waals surface area contributed by atoms with Crippen molar-refractivity contribution in [1.82, 2.24) is 0 Å². The third-order valence-corrected chi connectivity index (χ3v) is 3.82. The van der Waals surface area contributed by atoms with Crippen LogP contribution in [0, 0.1) is 6.92 Å². The summed E-state index contributed by atoms with van der Waals surface area (Å²) in [4.78, 5) is 25.5. The predicted octanol–water partition coefficient (Wildman–Crippen LogP) is 2.72. The molecule has 2 aromatic carbocycles. The molecule has 0 aliphatic heterocycles. The van der Waals surface area contributed by atoms with Gasteiger partial charge in [0, 0.05) is 31.1 Å². The Morgan fingerprint density at radius 1 is 1.08 bits per heavy atom. The molecule has 0 bridgehead atoms. The third kappa shape index (κ3) is 6.21. The van der Waals surface area contributed by atoms with E-state index in [4.69, 9.17) is 11.5 Å². The number of nitrogens with two attached hydrogens (primary N) is 2. The number of rotatable bonds is 7. The van der Waals surface area contributed by atoms with E-state index in [2.05, 4.69) is 0 Å². The van der Waals surface area contributed by atoms with Crippen LogP contribution in [0.15, 0.2) is 54.6 Å². The molecule has 25 heavy (non-hydrogen) atoms. The molecule has 0 spiro atoms. The standard InChI is InChI=1S/C19H23N3O2.ClH/c1-14-6-5-9-16(12-14)22(11-10-18(21)23)19(24)13-17(20)15-7-3-2-4-8-15;/h2-9,12,17H,10-11,13,20H2,1H3,(H2,21,23);1H. The molecule has 1 atom stereocenters. The van der Waals surface area contributed by atoms with Gasteiger partial charge in [0.1, 0.15) is 0 Å². The smallest absolute Gasteiger partial charge is 0.228 e. The largest absolute Gasteiger partial charge is 0.370 e. The number of amides is 2. The second-order valence-electron chi connectivity index (χ2n) is 5.82. The molecular formula is C19H24ClN3O2. The lowest BCUT2D eigenvalue weighted by Crippen LogP contribution is -2.36. The molecule has 1 unspecified atom stereocenters. The maximum absolute atomic E-state index is 12.7. The highest BCUT2D eigenvalue weighted by Gasteiger charge is 2.20. The lowest BCUT2D eigenvalue weighted by molar-refractivity contribution is -0.119. The summed E-state index contributed by atoms with van der Waals surface area (Å²) in [5, 5.41) is 0. The number of hydrogen-bond acceptors (Lipinski definition) is 3. The Kier molecular flexibility index (Phi) is 8.11. The SMILES string of the molecule is Cc1cccc(N(CCC(N)=O)C(=O)CC(N)c2ccccc2)c1.Cl. The summed E-state index contributed by atoms with van der Waals surface area (Å²) in [5.74, 6) is -0.564. The van der Waals surface area contributed by atoms with Gasteiger partial charge in [-0.25, -0.2) is 0 Å². The minimum Gasteiger partial charge on any atom is -0.370 e. The van der Waals surface area contributed by atoms with Gasteiger partial charge in [0.2, 0.25) is 11.8 Å². The van der Waals surface area contributed by atoms with E-state index in [9.17, 15) is 9.59 Å². The number of carbonyl (C=O) groups excluding carboxylic acids is 2. The van der Waals surface area contributed by atoms with E-state index in [0.717, 1.165) is 16.8 Å². The van der Waals surface area contributed by atoms with Gasteiger partial charge in [0.25, 0.3) is 0 Å². The normalized spacial score (nSPS) is 11.3. The molecule has 0 aliphatic rings. The van der Waals surface area contributed by atoms with E-state index < -0.39 is 5.91 Å². The van der Waals surface area contributed by atoms with Gasteiger partial charge in [-0.2, -0.15) is 0 Å². The molecule has 0 saturated heterocycles. The quantitative estimate of drug-likeness (QED) is 0.794. The molecule has 2 amide bonds. The van der Waals surface area contributed by atoms with Crippen LogP contribution in [0.2, 0.25) is 0 Å². The molecule has 0 aliphatic carbocycles. The average molecular weight is 362 g/mol. The predicted molar refractivity (Wildman–Crippen MR) is 103 cm³/mol. The molecule has 5 nitrogen and oxygen atoms in total. The van der Waals surface area contributed by atoms with Gasteiger partial charge in [-0.1, -0.05) is 42.5 Å². The second-order valence-corrected chi connectivity index (χ2v) is 5.82. The van der Waals surface area contributed by atoms with E-state index in [1.807, 2.05) is 61.5 Å². The highest BCUT2D eigenvalue weighted by Crippen LogP contribution is 2.21. The molecule has 134 valence electrons. The third-order valence-electron chi connectivity index (χ3n) is 3.82. The summed E-state index contributed by atoms with van der Waals surface area (Å²) < 4.78 is 0. The van der Waals surface area contributed by atoms with Crippen LogP contribution in [0.3, 0.4) is 0 Å². The highest BCUT2D eigenvalue weighted by atomic mass is 35.5. The van der Waals surface area contributed by atoms with Crippen LogP contribution in [0.25, 0.3) is 0 Å². The Bertz CT molecular complexity index is 707. The summed E-state index contributed by atoms with van der Waals surface area (Å²) >= 11 is 0. The van der Waals surface area contributed by atoms with E-state index >= 15 is 0 Å². The minimum atomic E-state index is -0.437. The number of carbonyl (C=O) groups is 2. The summed E-state index contributed by atoms with van der Waals surface area (Å²) in [7, 11) is 0. The van der Waals surface area contributed by atoms with Gasteiger partial charge in [0.15, 0.2) is 0 Å². The Morgan fingerprint density at radius 3 is 2.36 bits per heavy atom. The average Bonchev–Trinajstić information content (AvgIpc) is 2.55. The van der Waals surface area contributed by atoms with Crippen molar-refractivity contribution < 1.29 is 9.59 Å². The molecular weight excluding hydrogens is 338 g/mol.